The standard InChI is InChI=1S/C15H26N2OS/c1-4-5-13(6-7-17-11-19)8-15(18)9-14(10-16)12(2)3/h4-8,11-12,14-15,18H,9-10,16H2,1-3H3,(H,17,19)/b5-4-,7-6-,13-8-. The molecule has 4 heteroatoms. The molecule has 0 saturated heterocycles. The number of thiocarbonyl (C=S) groups is 1. The number of rotatable bonds is 9. The van der Waals surface area contributed by atoms with Crippen LogP contribution in [0.25, 0.3) is 0 Å². The number of hydrogen-bond donors (Lipinski definition) is 3. The molecule has 0 heterocycles. The first-order chi connectivity index (χ1) is 9.04. The van der Waals surface area contributed by atoms with E-state index in [9.17, 15) is 5.11 Å². The molecule has 2 atom stereocenters. The van der Waals surface area contributed by atoms with Crippen LogP contribution in [0.2, 0.25) is 0 Å². The fourth-order valence-electron chi connectivity index (χ4n) is 1.78. The fraction of sp³-hybridized carbons (Fsp3) is 0.533. The molecule has 0 aromatic carbocycles. The Hall–Kier alpha value is -0.970. The normalized spacial score (nSPS) is 16.2. The zero-order chi connectivity index (χ0) is 14.7. The van der Waals surface area contributed by atoms with Gasteiger partial charge in [0.1, 0.15) is 0 Å². The molecule has 0 spiro atoms. The van der Waals surface area contributed by atoms with Crippen molar-refractivity contribution in [1.29, 1.82) is 0 Å². The van der Waals surface area contributed by atoms with Gasteiger partial charge >= 0.3 is 0 Å². The third kappa shape index (κ3) is 8.70. The van der Waals surface area contributed by atoms with Gasteiger partial charge in [0.2, 0.25) is 0 Å². The third-order valence-electron chi connectivity index (χ3n) is 2.97. The first-order valence-corrected chi connectivity index (χ1v) is 7.11. The molecule has 0 aliphatic rings. The smallest absolute Gasteiger partial charge is 0.0732 e. The molecule has 108 valence electrons. The predicted octanol–water partition coefficient (Wildman–Crippen LogP) is 2.53. The van der Waals surface area contributed by atoms with Gasteiger partial charge in [-0.15, -0.1) is 0 Å². The van der Waals surface area contributed by atoms with E-state index in [-0.39, 0.29) is 0 Å². The van der Waals surface area contributed by atoms with E-state index >= 15 is 0 Å². The molecular formula is C15H26N2OS. The minimum Gasteiger partial charge on any atom is -0.389 e. The Morgan fingerprint density at radius 3 is 2.53 bits per heavy atom. The summed E-state index contributed by atoms with van der Waals surface area (Å²) in [6.07, 6.45) is 9.53. The topological polar surface area (TPSA) is 58.3 Å². The van der Waals surface area contributed by atoms with Crippen LogP contribution in [0.4, 0.5) is 0 Å². The SMILES string of the molecule is C\C=C/C(/C=C\NC=S)=C/C(O)CC(CN)C(C)C. The van der Waals surface area contributed by atoms with Gasteiger partial charge in [0.05, 0.1) is 11.6 Å². The van der Waals surface area contributed by atoms with Crippen LogP contribution in [0.3, 0.4) is 0 Å². The van der Waals surface area contributed by atoms with E-state index in [4.69, 9.17) is 5.73 Å². The monoisotopic (exact) mass is 282 g/mol. The average molecular weight is 282 g/mol. The van der Waals surface area contributed by atoms with E-state index < -0.39 is 6.10 Å². The molecule has 0 aromatic rings. The molecule has 0 aliphatic heterocycles. The first kappa shape index (κ1) is 18.0. The highest BCUT2D eigenvalue weighted by Crippen LogP contribution is 2.17. The summed E-state index contributed by atoms with van der Waals surface area (Å²) in [6.45, 7) is 6.80. The zero-order valence-corrected chi connectivity index (χ0v) is 12.9. The van der Waals surface area contributed by atoms with Crippen LogP contribution in [0.1, 0.15) is 27.2 Å². The van der Waals surface area contributed by atoms with Crippen LogP contribution in [0.15, 0.2) is 36.1 Å². The summed E-state index contributed by atoms with van der Waals surface area (Å²) >= 11 is 4.67. The maximum absolute atomic E-state index is 10.1. The minimum absolute atomic E-state index is 0.334. The molecule has 0 saturated carbocycles. The van der Waals surface area contributed by atoms with Gasteiger partial charge in [-0.25, -0.2) is 0 Å². The summed E-state index contributed by atoms with van der Waals surface area (Å²) in [5, 5.41) is 12.9. The van der Waals surface area contributed by atoms with Crippen LogP contribution < -0.4 is 11.1 Å². The van der Waals surface area contributed by atoms with Crippen molar-refractivity contribution in [1.82, 2.24) is 5.32 Å². The molecule has 4 N–H and O–H groups in total. The van der Waals surface area contributed by atoms with Crippen molar-refractivity contribution in [2.24, 2.45) is 17.6 Å². The maximum Gasteiger partial charge on any atom is 0.0732 e. The van der Waals surface area contributed by atoms with E-state index in [1.54, 1.807) is 6.20 Å². The second kappa shape index (κ2) is 10.9. The van der Waals surface area contributed by atoms with E-state index in [0.29, 0.717) is 24.8 Å². The van der Waals surface area contributed by atoms with Crippen LogP contribution in [-0.2, 0) is 0 Å². The van der Waals surface area contributed by atoms with Crippen molar-refractivity contribution >= 4 is 17.7 Å². The Labute approximate surface area is 122 Å². The Morgan fingerprint density at radius 2 is 2.05 bits per heavy atom. The fourth-order valence-corrected chi connectivity index (χ4v) is 1.86. The molecule has 0 bridgehead atoms. The van der Waals surface area contributed by atoms with Crippen LogP contribution in [0, 0.1) is 11.8 Å². The molecule has 0 aliphatic carbocycles. The largest absolute Gasteiger partial charge is 0.389 e. The van der Waals surface area contributed by atoms with Crippen LogP contribution >= 0.6 is 12.2 Å². The number of nitrogens with one attached hydrogen (secondary N) is 1. The van der Waals surface area contributed by atoms with Crippen molar-refractivity contribution in [3.8, 4) is 0 Å². The van der Waals surface area contributed by atoms with Gasteiger partial charge < -0.3 is 16.2 Å². The maximum atomic E-state index is 10.1. The summed E-state index contributed by atoms with van der Waals surface area (Å²) in [5.41, 5.74) is 8.10. The highest BCUT2D eigenvalue weighted by Gasteiger charge is 2.15. The lowest BCUT2D eigenvalue weighted by atomic mass is 9.90. The lowest BCUT2D eigenvalue weighted by Crippen LogP contribution is -2.24. The molecule has 0 rings (SSSR count). The predicted molar refractivity (Wildman–Crippen MR) is 86.8 cm³/mol. The summed E-state index contributed by atoms with van der Waals surface area (Å²) in [7, 11) is 0. The van der Waals surface area contributed by atoms with Crippen molar-refractivity contribution in [3.05, 3.63) is 36.1 Å². The van der Waals surface area contributed by atoms with E-state index in [2.05, 4.69) is 31.4 Å². The second-order valence-corrected chi connectivity index (χ2v) is 5.06. The van der Waals surface area contributed by atoms with Gasteiger partial charge in [-0.1, -0.05) is 38.2 Å². The Balaban J connectivity index is 4.67. The van der Waals surface area contributed by atoms with Gasteiger partial charge in [0, 0.05) is 6.20 Å². The van der Waals surface area contributed by atoms with Crippen molar-refractivity contribution in [2.75, 3.05) is 6.54 Å². The number of aliphatic hydroxyl groups excluding tert-OH is 1. The second-order valence-electron chi connectivity index (χ2n) is 4.83. The van der Waals surface area contributed by atoms with Crippen molar-refractivity contribution < 1.29 is 5.11 Å². The van der Waals surface area contributed by atoms with Crippen LogP contribution in [0.5, 0.6) is 0 Å². The number of nitrogens with two attached hydrogens (primary N) is 1. The van der Waals surface area contributed by atoms with Crippen molar-refractivity contribution in [3.63, 3.8) is 0 Å². The van der Waals surface area contributed by atoms with Gasteiger partial charge in [0.25, 0.3) is 0 Å². The van der Waals surface area contributed by atoms with Gasteiger partial charge in [0.15, 0.2) is 0 Å². The van der Waals surface area contributed by atoms with Crippen molar-refractivity contribution in [2.45, 2.75) is 33.3 Å². The molecule has 2 unspecified atom stereocenters. The van der Waals surface area contributed by atoms with E-state index in [0.717, 1.165) is 5.57 Å². The summed E-state index contributed by atoms with van der Waals surface area (Å²) in [6, 6.07) is 0. The summed E-state index contributed by atoms with van der Waals surface area (Å²) < 4.78 is 0. The van der Waals surface area contributed by atoms with Gasteiger partial charge in [-0.05, 0) is 49.5 Å². The van der Waals surface area contributed by atoms with Gasteiger partial charge in [-0.2, -0.15) is 0 Å². The van der Waals surface area contributed by atoms with Gasteiger partial charge in [-0.3, -0.25) is 0 Å². The van der Waals surface area contributed by atoms with E-state index in [1.807, 2.05) is 31.2 Å². The number of aliphatic hydroxyl groups is 1. The highest BCUT2D eigenvalue weighted by atomic mass is 32.1. The quantitative estimate of drug-likeness (QED) is 0.449. The molecule has 0 amide bonds. The zero-order valence-electron chi connectivity index (χ0n) is 12.0. The first-order valence-electron chi connectivity index (χ1n) is 6.64. The molecule has 19 heavy (non-hydrogen) atoms. The highest BCUT2D eigenvalue weighted by molar-refractivity contribution is 7.78. The lowest BCUT2D eigenvalue weighted by molar-refractivity contribution is 0.171. The summed E-state index contributed by atoms with van der Waals surface area (Å²) in [5.74, 6) is 0.812. The van der Waals surface area contributed by atoms with Crippen LogP contribution in [-0.4, -0.2) is 23.2 Å². The molecular weight excluding hydrogens is 256 g/mol. The molecule has 0 aromatic heterocycles. The third-order valence-corrected chi connectivity index (χ3v) is 3.11. The Kier molecular flexibility index (Phi) is 10.4. The molecule has 0 radical (unpaired) electrons. The Bertz CT molecular complexity index is 335. The molecule has 0 fully saturated rings. The minimum atomic E-state index is -0.487. The number of allylic oxidation sites excluding steroid dienone is 4. The lowest BCUT2D eigenvalue weighted by Gasteiger charge is -2.20. The summed E-state index contributed by atoms with van der Waals surface area (Å²) in [4.78, 5) is 0. The Morgan fingerprint density at radius 1 is 1.37 bits per heavy atom. The number of hydrogen-bond acceptors (Lipinski definition) is 3. The van der Waals surface area contributed by atoms with E-state index in [1.165, 1.54) is 5.49 Å². The average Bonchev–Trinajstić information content (AvgIpc) is 2.36. The molecule has 3 nitrogen and oxygen atoms in total.